The first-order valence-corrected chi connectivity index (χ1v) is 10.1. The summed E-state index contributed by atoms with van der Waals surface area (Å²) in [5.74, 6) is -0.593. The Balaban J connectivity index is 2.93. The van der Waals surface area contributed by atoms with E-state index in [1.807, 2.05) is 0 Å². The van der Waals surface area contributed by atoms with Crippen LogP contribution in [0.5, 0.6) is 0 Å². The number of nitrogens with zero attached hydrogens (tertiary/aromatic N) is 2. The van der Waals surface area contributed by atoms with Crippen molar-refractivity contribution in [3.05, 3.63) is 29.8 Å². The largest absolute Gasteiger partial charge is 0.469 e. The number of rotatable bonds is 10. The average Bonchev–Trinajstić information content (AvgIpc) is 2.63. The Labute approximate surface area is 156 Å². The number of carbonyl (C=O) groups excluding carboxylic acids is 2. The van der Waals surface area contributed by atoms with E-state index in [1.54, 1.807) is 4.90 Å². The molecule has 0 fully saturated rings. The van der Waals surface area contributed by atoms with Gasteiger partial charge in [-0.25, -0.2) is 12.7 Å². The fourth-order valence-corrected chi connectivity index (χ4v) is 3.26. The minimum Gasteiger partial charge on any atom is -0.469 e. The van der Waals surface area contributed by atoms with Crippen molar-refractivity contribution >= 4 is 21.9 Å². The molecule has 26 heavy (non-hydrogen) atoms. The van der Waals surface area contributed by atoms with E-state index < -0.39 is 10.0 Å². The monoisotopic (exact) mass is 384 g/mol. The van der Waals surface area contributed by atoms with E-state index in [4.69, 9.17) is 0 Å². The number of hydrogen-bond acceptors (Lipinski definition) is 5. The van der Waals surface area contributed by atoms with Crippen LogP contribution in [-0.4, -0.2) is 63.8 Å². The fraction of sp³-hybridized carbons (Fsp3) is 0.556. The van der Waals surface area contributed by atoms with Crippen LogP contribution in [0.25, 0.3) is 0 Å². The summed E-state index contributed by atoms with van der Waals surface area (Å²) in [5, 5.41) is 0. The fourth-order valence-electron chi connectivity index (χ4n) is 2.36. The lowest BCUT2D eigenvalue weighted by atomic mass is 10.1. The molecule has 0 atom stereocenters. The number of ether oxygens (including phenoxy) is 1. The Morgan fingerprint density at radius 1 is 1.04 bits per heavy atom. The van der Waals surface area contributed by atoms with E-state index in [9.17, 15) is 18.0 Å². The highest BCUT2D eigenvalue weighted by Crippen LogP contribution is 2.16. The molecule has 0 aliphatic carbocycles. The van der Waals surface area contributed by atoms with Gasteiger partial charge >= 0.3 is 5.97 Å². The van der Waals surface area contributed by atoms with Crippen molar-refractivity contribution in [3.8, 4) is 0 Å². The molecule has 1 rings (SSSR count). The van der Waals surface area contributed by atoms with Gasteiger partial charge in [0.05, 0.1) is 18.4 Å². The molecule has 1 aromatic carbocycles. The van der Waals surface area contributed by atoms with Crippen LogP contribution in [0.4, 0.5) is 0 Å². The van der Waals surface area contributed by atoms with Gasteiger partial charge in [-0.15, -0.1) is 0 Å². The number of methoxy groups -OCH3 is 1. The SMILES string of the molecule is CCCCCN(CCC(=O)OC)C(=O)c1ccc(S(=O)(=O)N(C)C)cc1. The third kappa shape index (κ3) is 6.10. The number of hydrogen-bond donors (Lipinski definition) is 0. The Bertz CT molecular complexity index is 699. The first kappa shape index (κ1) is 22.1. The maximum Gasteiger partial charge on any atom is 0.307 e. The zero-order valence-electron chi connectivity index (χ0n) is 15.9. The van der Waals surface area contributed by atoms with Gasteiger partial charge < -0.3 is 9.64 Å². The van der Waals surface area contributed by atoms with Gasteiger partial charge in [0.25, 0.3) is 5.91 Å². The zero-order valence-corrected chi connectivity index (χ0v) is 16.7. The Kier molecular flexibility index (Phi) is 8.74. The molecule has 8 heteroatoms. The predicted molar refractivity (Wildman–Crippen MR) is 99.4 cm³/mol. The second-order valence-electron chi connectivity index (χ2n) is 6.14. The number of carbonyl (C=O) groups is 2. The minimum absolute atomic E-state index is 0.126. The first-order valence-electron chi connectivity index (χ1n) is 8.62. The lowest BCUT2D eigenvalue weighted by Crippen LogP contribution is -2.34. The molecule has 1 aromatic rings. The summed E-state index contributed by atoms with van der Waals surface area (Å²) in [5.41, 5.74) is 0.393. The van der Waals surface area contributed by atoms with Crippen molar-refractivity contribution < 1.29 is 22.7 Å². The third-order valence-corrected chi connectivity index (χ3v) is 5.84. The summed E-state index contributed by atoms with van der Waals surface area (Å²) in [6.07, 6.45) is 2.98. The minimum atomic E-state index is -3.53. The van der Waals surface area contributed by atoms with Gasteiger partial charge in [-0.3, -0.25) is 9.59 Å². The molecule has 0 saturated carbocycles. The van der Waals surface area contributed by atoms with E-state index in [2.05, 4.69) is 11.7 Å². The summed E-state index contributed by atoms with van der Waals surface area (Å²) in [6.45, 7) is 2.89. The van der Waals surface area contributed by atoms with Gasteiger partial charge in [0.1, 0.15) is 0 Å². The van der Waals surface area contributed by atoms with Crippen molar-refractivity contribution in [2.75, 3.05) is 34.3 Å². The molecule has 7 nitrogen and oxygen atoms in total. The van der Waals surface area contributed by atoms with Crippen LogP contribution in [-0.2, 0) is 19.6 Å². The molecule has 0 aromatic heterocycles. The highest BCUT2D eigenvalue weighted by atomic mass is 32.2. The highest BCUT2D eigenvalue weighted by molar-refractivity contribution is 7.89. The summed E-state index contributed by atoms with van der Waals surface area (Å²) < 4.78 is 30.0. The van der Waals surface area contributed by atoms with Crippen LogP contribution in [0.1, 0.15) is 43.0 Å². The number of sulfonamides is 1. The molecule has 0 N–H and O–H groups in total. The zero-order chi connectivity index (χ0) is 19.7. The van der Waals surface area contributed by atoms with Crippen molar-refractivity contribution in [1.29, 1.82) is 0 Å². The maximum absolute atomic E-state index is 12.7. The first-order chi connectivity index (χ1) is 12.2. The standard InChI is InChI=1S/C18H28N2O5S/c1-5-6-7-13-20(14-12-17(21)25-4)18(22)15-8-10-16(11-9-15)26(23,24)19(2)3/h8-11H,5-7,12-14H2,1-4H3. The molecule has 0 spiro atoms. The quantitative estimate of drug-likeness (QED) is 0.456. The van der Waals surface area contributed by atoms with Gasteiger partial charge in [0, 0.05) is 32.7 Å². The van der Waals surface area contributed by atoms with Gasteiger partial charge in [0.2, 0.25) is 10.0 Å². The van der Waals surface area contributed by atoms with Crippen LogP contribution in [0.2, 0.25) is 0 Å². The maximum atomic E-state index is 12.7. The Hall–Kier alpha value is -1.93. The number of esters is 1. The molecule has 0 aliphatic heterocycles. The van der Waals surface area contributed by atoms with Crippen LogP contribution in [0.3, 0.4) is 0 Å². The predicted octanol–water partition coefficient (Wildman–Crippen LogP) is 2.13. The number of amides is 1. The van der Waals surface area contributed by atoms with Crippen molar-refractivity contribution in [1.82, 2.24) is 9.21 Å². The lowest BCUT2D eigenvalue weighted by molar-refractivity contribution is -0.140. The summed E-state index contributed by atoms with van der Waals surface area (Å²) in [4.78, 5) is 25.9. The molecule has 1 amide bonds. The second-order valence-corrected chi connectivity index (χ2v) is 8.29. The van der Waals surface area contributed by atoms with Crippen LogP contribution >= 0.6 is 0 Å². The molecule has 0 bridgehead atoms. The van der Waals surface area contributed by atoms with Crippen molar-refractivity contribution in [2.24, 2.45) is 0 Å². The third-order valence-electron chi connectivity index (χ3n) is 4.01. The summed E-state index contributed by atoms with van der Waals surface area (Å²) in [7, 11) is 0.690. The highest BCUT2D eigenvalue weighted by Gasteiger charge is 2.20. The Morgan fingerprint density at radius 2 is 1.65 bits per heavy atom. The van der Waals surface area contributed by atoms with Gasteiger partial charge in [-0.2, -0.15) is 0 Å². The molecular formula is C18H28N2O5S. The molecule has 146 valence electrons. The molecule has 0 unspecified atom stereocenters. The van der Waals surface area contributed by atoms with Gasteiger partial charge in [-0.05, 0) is 30.7 Å². The molecular weight excluding hydrogens is 356 g/mol. The van der Waals surface area contributed by atoms with Crippen LogP contribution < -0.4 is 0 Å². The van der Waals surface area contributed by atoms with E-state index in [1.165, 1.54) is 45.5 Å². The topological polar surface area (TPSA) is 84.0 Å². The second kappa shape index (κ2) is 10.3. The van der Waals surface area contributed by atoms with E-state index in [-0.39, 0.29) is 29.7 Å². The number of benzene rings is 1. The molecule has 0 radical (unpaired) electrons. The lowest BCUT2D eigenvalue weighted by Gasteiger charge is -2.22. The molecule has 0 saturated heterocycles. The molecule has 0 heterocycles. The van der Waals surface area contributed by atoms with Crippen LogP contribution in [0.15, 0.2) is 29.2 Å². The normalized spacial score (nSPS) is 11.4. The Morgan fingerprint density at radius 3 is 2.15 bits per heavy atom. The average molecular weight is 384 g/mol. The van der Waals surface area contributed by atoms with E-state index in [0.717, 1.165) is 23.6 Å². The van der Waals surface area contributed by atoms with E-state index in [0.29, 0.717) is 12.1 Å². The summed E-state index contributed by atoms with van der Waals surface area (Å²) >= 11 is 0. The van der Waals surface area contributed by atoms with Gasteiger partial charge in [-0.1, -0.05) is 19.8 Å². The van der Waals surface area contributed by atoms with Crippen LogP contribution in [0, 0.1) is 0 Å². The van der Waals surface area contributed by atoms with E-state index >= 15 is 0 Å². The molecule has 0 aliphatic rings. The van der Waals surface area contributed by atoms with Crippen molar-refractivity contribution in [3.63, 3.8) is 0 Å². The summed E-state index contributed by atoms with van der Waals surface area (Å²) in [6, 6.07) is 5.85. The smallest absolute Gasteiger partial charge is 0.307 e. The number of unbranched alkanes of at least 4 members (excludes halogenated alkanes) is 2. The van der Waals surface area contributed by atoms with Crippen molar-refractivity contribution in [2.45, 2.75) is 37.5 Å². The van der Waals surface area contributed by atoms with Gasteiger partial charge in [0.15, 0.2) is 0 Å².